The van der Waals surface area contributed by atoms with Crippen molar-refractivity contribution in [3.05, 3.63) is 71.8 Å². The van der Waals surface area contributed by atoms with Gasteiger partial charge in [-0.05, 0) is 48.5 Å². The molecule has 0 spiro atoms. The molecule has 0 radical (unpaired) electrons. The van der Waals surface area contributed by atoms with Crippen LogP contribution < -0.4 is 5.32 Å². The lowest BCUT2D eigenvalue weighted by Gasteiger charge is -2.08. The highest BCUT2D eigenvalue weighted by molar-refractivity contribution is 7.99. The second-order valence-electron chi connectivity index (χ2n) is 5.93. The summed E-state index contributed by atoms with van der Waals surface area (Å²) in [5.41, 5.74) is 1.54. The molecule has 0 saturated heterocycles. The Labute approximate surface area is 176 Å². The molecule has 0 aliphatic carbocycles. The van der Waals surface area contributed by atoms with Crippen LogP contribution in [0.15, 0.2) is 66.3 Å². The van der Waals surface area contributed by atoms with Crippen molar-refractivity contribution in [1.82, 2.24) is 14.8 Å². The van der Waals surface area contributed by atoms with E-state index in [1.807, 2.05) is 16.7 Å². The molecule has 29 heavy (non-hydrogen) atoms. The first kappa shape index (κ1) is 20.6. The number of halogens is 1. The Balaban J connectivity index is 1.68. The zero-order valence-corrected chi connectivity index (χ0v) is 16.8. The number of anilines is 1. The van der Waals surface area contributed by atoms with E-state index in [2.05, 4.69) is 22.1 Å². The molecule has 3 rings (SSSR count). The fourth-order valence-electron chi connectivity index (χ4n) is 2.52. The minimum Gasteiger partial charge on any atom is -0.478 e. The number of nitrogens with zero attached hydrogens (tertiary/aromatic N) is 3. The lowest BCUT2D eigenvalue weighted by Crippen LogP contribution is -2.14. The van der Waals surface area contributed by atoms with Crippen LogP contribution in [0.3, 0.4) is 0 Å². The van der Waals surface area contributed by atoms with Crippen LogP contribution >= 0.6 is 23.4 Å². The Morgan fingerprint density at radius 3 is 2.45 bits per heavy atom. The molecule has 0 atom stereocenters. The molecular formula is C20H17ClN4O3S. The molecule has 1 aromatic heterocycles. The summed E-state index contributed by atoms with van der Waals surface area (Å²) >= 11 is 7.19. The molecular weight excluding hydrogens is 412 g/mol. The van der Waals surface area contributed by atoms with Crippen molar-refractivity contribution in [2.75, 3.05) is 11.1 Å². The molecule has 0 bridgehead atoms. The summed E-state index contributed by atoms with van der Waals surface area (Å²) in [6.07, 6.45) is 1.73. The van der Waals surface area contributed by atoms with Gasteiger partial charge in [0.15, 0.2) is 11.0 Å². The van der Waals surface area contributed by atoms with Crippen molar-refractivity contribution >= 4 is 40.9 Å². The highest BCUT2D eigenvalue weighted by Crippen LogP contribution is 2.25. The number of hydrogen-bond acceptors (Lipinski definition) is 5. The number of hydrogen-bond donors (Lipinski definition) is 2. The summed E-state index contributed by atoms with van der Waals surface area (Å²) in [6, 6.07) is 13.2. The fourth-order valence-corrected chi connectivity index (χ4v) is 3.40. The van der Waals surface area contributed by atoms with Gasteiger partial charge in [0.1, 0.15) is 0 Å². The van der Waals surface area contributed by atoms with E-state index >= 15 is 0 Å². The van der Waals surface area contributed by atoms with Crippen LogP contribution in [0.2, 0.25) is 5.02 Å². The third-order valence-corrected chi connectivity index (χ3v) is 5.10. The number of carboxylic acid groups (broad SMARTS) is 1. The van der Waals surface area contributed by atoms with Crippen LogP contribution in [0.4, 0.5) is 5.69 Å². The summed E-state index contributed by atoms with van der Waals surface area (Å²) in [5.74, 6) is -0.471. The smallest absolute Gasteiger partial charge is 0.335 e. The van der Waals surface area contributed by atoms with Crippen LogP contribution in [-0.4, -0.2) is 37.5 Å². The van der Waals surface area contributed by atoms with Crippen LogP contribution in [-0.2, 0) is 11.3 Å². The van der Waals surface area contributed by atoms with Gasteiger partial charge in [-0.2, -0.15) is 0 Å². The quantitative estimate of drug-likeness (QED) is 0.412. The van der Waals surface area contributed by atoms with Gasteiger partial charge >= 0.3 is 5.97 Å². The Bertz CT molecular complexity index is 1030. The molecule has 0 aliphatic rings. The molecule has 148 valence electrons. The molecule has 2 aromatic carbocycles. The molecule has 2 N–H and O–H groups in total. The summed E-state index contributed by atoms with van der Waals surface area (Å²) in [4.78, 5) is 23.1. The molecule has 0 aliphatic heterocycles. The van der Waals surface area contributed by atoms with E-state index in [-0.39, 0.29) is 17.2 Å². The van der Waals surface area contributed by atoms with Crippen molar-refractivity contribution in [2.24, 2.45) is 0 Å². The van der Waals surface area contributed by atoms with Gasteiger partial charge in [-0.3, -0.25) is 9.36 Å². The number of aromatic nitrogens is 3. The maximum Gasteiger partial charge on any atom is 0.335 e. The summed E-state index contributed by atoms with van der Waals surface area (Å²) in [5, 5.41) is 21.3. The lowest BCUT2D eigenvalue weighted by molar-refractivity contribution is -0.113. The van der Waals surface area contributed by atoms with Crippen molar-refractivity contribution in [2.45, 2.75) is 11.7 Å². The first-order valence-corrected chi connectivity index (χ1v) is 9.90. The number of thioether (sulfide) groups is 1. The summed E-state index contributed by atoms with van der Waals surface area (Å²) in [6.45, 7) is 4.26. The lowest BCUT2D eigenvalue weighted by atomic mass is 10.2. The maximum absolute atomic E-state index is 12.2. The summed E-state index contributed by atoms with van der Waals surface area (Å²) < 4.78 is 1.87. The Hall–Kier alpha value is -3.10. The van der Waals surface area contributed by atoms with Crippen LogP contribution in [0.5, 0.6) is 0 Å². The average molecular weight is 429 g/mol. The number of amides is 1. The Morgan fingerprint density at radius 2 is 1.83 bits per heavy atom. The molecule has 0 unspecified atom stereocenters. The first-order chi connectivity index (χ1) is 14.0. The number of aromatic carboxylic acids is 1. The van der Waals surface area contributed by atoms with E-state index < -0.39 is 5.97 Å². The third kappa shape index (κ3) is 5.24. The molecule has 1 heterocycles. The third-order valence-electron chi connectivity index (χ3n) is 3.88. The maximum atomic E-state index is 12.2. The van der Waals surface area contributed by atoms with Gasteiger partial charge in [-0.1, -0.05) is 29.4 Å². The van der Waals surface area contributed by atoms with Crippen molar-refractivity contribution < 1.29 is 14.7 Å². The number of carbonyl (C=O) groups is 2. The first-order valence-electron chi connectivity index (χ1n) is 8.54. The molecule has 1 amide bonds. The van der Waals surface area contributed by atoms with Gasteiger partial charge in [0.25, 0.3) is 0 Å². The number of carboxylic acids is 1. The van der Waals surface area contributed by atoms with Crippen LogP contribution in [0, 0.1) is 0 Å². The minimum atomic E-state index is -1.02. The van der Waals surface area contributed by atoms with Gasteiger partial charge in [0, 0.05) is 22.8 Å². The highest BCUT2D eigenvalue weighted by atomic mass is 35.5. The number of carbonyl (C=O) groups excluding carboxylic acids is 1. The number of nitrogens with one attached hydrogen (secondary N) is 1. The monoisotopic (exact) mass is 428 g/mol. The topological polar surface area (TPSA) is 97.1 Å². The van der Waals surface area contributed by atoms with Gasteiger partial charge in [0.2, 0.25) is 5.91 Å². The largest absolute Gasteiger partial charge is 0.478 e. The molecule has 3 aromatic rings. The SMILES string of the molecule is C=CCn1c(SCC(=O)Nc2ccc(C(=O)O)cc2)nnc1-c1ccc(Cl)cc1. The predicted molar refractivity (Wildman–Crippen MR) is 113 cm³/mol. The van der Waals surface area contributed by atoms with E-state index in [0.29, 0.717) is 28.2 Å². The molecule has 0 fully saturated rings. The number of allylic oxidation sites excluding steroid dienone is 1. The number of benzene rings is 2. The van der Waals surface area contributed by atoms with Crippen molar-refractivity contribution in [1.29, 1.82) is 0 Å². The van der Waals surface area contributed by atoms with Crippen molar-refractivity contribution in [3.63, 3.8) is 0 Å². The minimum absolute atomic E-state index is 0.122. The zero-order chi connectivity index (χ0) is 20.8. The standard InChI is InChI=1S/C20H17ClN4O3S/c1-2-11-25-18(13-3-7-15(21)8-4-13)23-24-20(25)29-12-17(26)22-16-9-5-14(6-10-16)19(27)28/h2-10H,1,11-12H2,(H,22,26)(H,27,28). The van der Waals surface area contributed by atoms with Gasteiger partial charge < -0.3 is 10.4 Å². The predicted octanol–water partition coefficient (Wildman–Crippen LogP) is 4.21. The zero-order valence-electron chi connectivity index (χ0n) is 15.2. The van der Waals surface area contributed by atoms with Gasteiger partial charge in [0.05, 0.1) is 11.3 Å². The molecule has 0 saturated carbocycles. The highest BCUT2D eigenvalue weighted by Gasteiger charge is 2.15. The van der Waals surface area contributed by atoms with Gasteiger partial charge in [-0.25, -0.2) is 4.79 Å². The molecule has 7 nitrogen and oxygen atoms in total. The average Bonchev–Trinajstić information content (AvgIpc) is 3.10. The Morgan fingerprint density at radius 1 is 1.14 bits per heavy atom. The second-order valence-corrected chi connectivity index (χ2v) is 7.31. The fraction of sp³-hybridized carbons (Fsp3) is 0.100. The van der Waals surface area contributed by atoms with E-state index in [1.165, 1.54) is 23.9 Å². The molecule has 9 heteroatoms. The Kier molecular flexibility index (Phi) is 6.69. The summed E-state index contributed by atoms with van der Waals surface area (Å²) in [7, 11) is 0. The van der Waals surface area contributed by atoms with E-state index in [9.17, 15) is 9.59 Å². The van der Waals surface area contributed by atoms with E-state index in [4.69, 9.17) is 16.7 Å². The van der Waals surface area contributed by atoms with Crippen molar-refractivity contribution in [3.8, 4) is 11.4 Å². The normalized spacial score (nSPS) is 10.5. The van der Waals surface area contributed by atoms with Crippen LogP contribution in [0.25, 0.3) is 11.4 Å². The number of rotatable bonds is 8. The second kappa shape index (κ2) is 9.40. The van der Waals surface area contributed by atoms with E-state index in [1.54, 1.807) is 30.3 Å². The van der Waals surface area contributed by atoms with Gasteiger partial charge in [-0.15, -0.1) is 16.8 Å². The van der Waals surface area contributed by atoms with E-state index in [0.717, 1.165) is 5.56 Å². The van der Waals surface area contributed by atoms with Crippen LogP contribution in [0.1, 0.15) is 10.4 Å².